The predicted molar refractivity (Wildman–Crippen MR) is 67.6 cm³/mol. The number of pyridine rings is 1. The molecular formula is C13H18N2O3. The minimum atomic E-state index is -0.371. The van der Waals surface area contributed by atoms with E-state index in [1.807, 2.05) is 11.8 Å². The molecule has 1 fully saturated rings. The van der Waals surface area contributed by atoms with Gasteiger partial charge in [0, 0.05) is 19.3 Å². The Morgan fingerprint density at radius 3 is 3.06 bits per heavy atom. The van der Waals surface area contributed by atoms with Gasteiger partial charge >= 0.3 is 5.97 Å². The second-order valence-corrected chi connectivity index (χ2v) is 4.67. The number of esters is 1. The van der Waals surface area contributed by atoms with E-state index in [0.717, 1.165) is 13.0 Å². The summed E-state index contributed by atoms with van der Waals surface area (Å²) in [4.78, 5) is 17.7. The maximum atomic E-state index is 11.4. The zero-order chi connectivity index (χ0) is 13.1. The van der Waals surface area contributed by atoms with Gasteiger partial charge in [-0.3, -0.25) is 0 Å². The van der Waals surface area contributed by atoms with Gasteiger partial charge in [-0.1, -0.05) is 6.92 Å². The molecule has 1 saturated heterocycles. The monoisotopic (exact) mass is 250 g/mol. The highest BCUT2D eigenvalue weighted by atomic mass is 16.5. The van der Waals surface area contributed by atoms with E-state index in [-0.39, 0.29) is 12.1 Å². The van der Waals surface area contributed by atoms with Crippen LogP contribution in [0.25, 0.3) is 0 Å². The highest BCUT2D eigenvalue weighted by molar-refractivity contribution is 5.90. The zero-order valence-corrected chi connectivity index (χ0v) is 10.7. The third kappa shape index (κ3) is 2.61. The van der Waals surface area contributed by atoms with Crippen molar-refractivity contribution >= 4 is 11.8 Å². The molecule has 0 radical (unpaired) electrons. The molecule has 5 heteroatoms. The molecule has 1 aliphatic rings. The highest BCUT2D eigenvalue weighted by Crippen LogP contribution is 2.22. The van der Waals surface area contributed by atoms with Gasteiger partial charge in [0.05, 0.1) is 18.8 Å². The molecule has 98 valence electrons. The number of methoxy groups -OCH3 is 1. The Hall–Kier alpha value is -1.62. The molecule has 2 rings (SSSR count). The summed E-state index contributed by atoms with van der Waals surface area (Å²) in [5.74, 6) is 0.651. The van der Waals surface area contributed by atoms with Crippen molar-refractivity contribution in [3.63, 3.8) is 0 Å². The van der Waals surface area contributed by atoms with Crippen LogP contribution >= 0.6 is 0 Å². The average molecular weight is 250 g/mol. The summed E-state index contributed by atoms with van der Waals surface area (Å²) in [6.07, 6.45) is 2.17. The van der Waals surface area contributed by atoms with Crippen LogP contribution in [0.4, 0.5) is 5.82 Å². The lowest BCUT2D eigenvalue weighted by atomic mass is 9.96. The van der Waals surface area contributed by atoms with Gasteiger partial charge in [0.15, 0.2) is 0 Å². The van der Waals surface area contributed by atoms with Gasteiger partial charge in [0.2, 0.25) is 0 Å². The number of piperidine rings is 1. The molecule has 5 nitrogen and oxygen atoms in total. The van der Waals surface area contributed by atoms with E-state index in [0.29, 0.717) is 23.8 Å². The summed E-state index contributed by atoms with van der Waals surface area (Å²) in [5, 5.41) is 9.87. The number of carbonyl (C=O) groups excluding carboxylic acids is 1. The third-order valence-corrected chi connectivity index (χ3v) is 3.41. The number of aliphatic hydroxyl groups is 1. The van der Waals surface area contributed by atoms with E-state index in [1.165, 1.54) is 7.11 Å². The fourth-order valence-electron chi connectivity index (χ4n) is 2.09. The number of hydrogen-bond donors (Lipinski definition) is 1. The van der Waals surface area contributed by atoms with E-state index in [9.17, 15) is 9.90 Å². The lowest BCUT2D eigenvalue weighted by Crippen LogP contribution is -2.43. The molecule has 1 N–H and O–H groups in total. The number of nitrogens with zero attached hydrogens (tertiary/aromatic N) is 2. The Bertz CT molecular complexity index is 436. The van der Waals surface area contributed by atoms with E-state index in [2.05, 4.69) is 9.72 Å². The SMILES string of the molecule is COC(=O)c1ccnc(N2CCC(C)C(O)C2)c1. The lowest BCUT2D eigenvalue weighted by molar-refractivity contribution is 0.0600. The van der Waals surface area contributed by atoms with Gasteiger partial charge in [-0.15, -0.1) is 0 Å². The minimum absolute atomic E-state index is 0.310. The maximum Gasteiger partial charge on any atom is 0.338 e. The molecule has 2 atom stereocenters. The molecule has 0 aromatic carbocycles. The second kappa shape index (κ2) is 5.35. The zero-order valence-electron chi connectivity index (χ0n) is 10.7. The Kier molecular flexibility index (Phi) is 3.81. The van der Waals surface area contributed by atoms with Crippen molar-refractivity contribution in [1.29, 1.82) is 0 Å². The van der Waals surface area contributed by atoms with Crippen LogP contribution in [0.15, 0.2) is 18.3 Å². The van der Waals surface area contributed by atoms with Crippen LogP contribution in [0.3, 0.4) is 0 Å². The number of anilines is 1. The van der Waals surface area contributed by atoms with E-state index in [1.54, 1.807) is 18.3 Å². The topological polar surface area (TPSA) is 62.7 Å². The average Bonchev–Trinajstić information content (AvgIpc) is 2.41. The van der Waals surface area contributed by atoms with Crippen LogP contribution in [-0.2, 0) is 4.74 Å². The van der Waals surface area contributed by atoms with Crippen LogP contribution in [0, 0.1) is 5.92 Å². The van der Waals surface area contributed by atoms with Crippen LogP contribution in [-0.4, -0.2) is 42.4 Å². The molecule has 0 aliphatic carbocycles. The van der Waals surface area contributed by atoms with Crippen molar-refractivity contribution in [2.24, 2.45) is 5.92 Å². The first-order chi connectivity index (χ1) is 8.61. The molecule has 2 unspecified atom stereocenters. The normalized spacial score (nSPS) is 23.8. The number of rotatable bonds is 2. The van der Waals surface area contributed by atoms with Gasteiger partial charge in [-0.25, -0.2) is 9.78 Å². The van der Waals surface area contributed by atoms with Crippen molar-refractivity contribution < 1.29 is 14.6 Å². The van der Waals surface area contributed by atoms with Crippen LogP contribution < -0.4 is 4.90 Å². The van der Waals surface area contributed by atoms with E-state index in [4.69, 9.17) is 0 Å². The van der Waals surface area contributed by atoms with Gasteiger partial charge < -0.3 is 14.7 Å². The number of hydrogen-bond acceptors (Lipinski definition) is 5. The number of ether oxygens (including phenoxy) is 1. The van der Waals surface area contributed by atoms with Crippen molar-refractivity contribution in [3.8, 4) is 0 Å². The van der Waals surface area contributed by atoms with Crippen LogP contribution in [0.5, 0.6) is 0 Å². The van der Waals surface area contributed by atoms with E-state index < -0.39 is 0 Å². The quantitative estimate of drug-likeness (QED) is 0.796. The first kappa shape index (κ1) is 12.8. The van der Waals surface area contributed by atoms with Gasteiger partial charge in [0.25, 0.3) is 0 Å². The first-order valence-corrected chi connectivity index (χ1v) is 6.09. The molecule has 0 spiro atoms. The van der Waals surface area contributed by atoms with Crippen molar-refractivity contribution in [1.82, 2.24) is 4.98 Å². The molecule has 18 heavy (non-hydrogen) atoms. The molecule has 1 aliphatic heterocycles. The predicted octanol–water partition coefficient (Wildman–Crippen LogP) is 1.08. The largest absolute Gasteiger partial charge is 0.465 e. The Morgan fingerprint density at radius 1 is 1.61 bits per heavy atom. The smallest absolute Gasteiger partial charge is 0.338 e. The first-order valence-electron chi connectivity index (χ1n) is 6.09. The molecule has 0 amide bonds. The number of carbonyl (C=O) groups is 1. The maximum absolute atomic E-state index is 11.4. The molecule has 2 heterocycles. The minimum Gasteiger partial charge on any atom is -0.465 e. The van der Waals surface area contributed by atoms with Crippen LogP contribution in [0.1, 0.15) is 23.7 Å². The molecule has 1 aromatic rings. The number of aromatic nitrogens is 1. The molecule has 0 bridgehead atoms. The van der Waals surface area contributed by atoms with Crippen molar-refractivity contribution in [3.05, 3.63) is 23.9 Å². The fraction of sp³-hybridized carbons (Fsp3) is 0.538. The summed E-state index contributed by atoms with van der Waals surface area (Å²) in [5.41, 5.74) is 0.482. The van der Waals surface area contributed by atoms with Crippen molar-refractivity contribution in [2.45, 2.75) is 19.4 Å². The molecule has 0 saturated carbocycles. The Morgan fingerprint density at radius 2 is 2.39 bits per heavy atom. The summed E-state index contributed by atoms with van der Waals surface area (Å²) < 4.78 is 4.68. The molecular weight excluding hydrogens is 232 g/mol. The molecule has 1 aromatic heterocycles. The van der Waals surface area contributed by atoms with Crippen LogP contribution in [0.2, 0.25) is 0 Å². The number of β-amino-alcohol motifs (C(OH)–C–C–N with tert-alkyl or cyclic N) is 1. The van der Waals surface area contributed by atoms with E-state index >= 15 is 0 Å². The van der Waals surface area contributed by atoms with Gasteiger partial charge in [-0.2, -0.15) is 0 Å². The lowest BCUT2D eigenvalue weighted by Gasteiger charge is -2.35. The third-order valence-electron chi connectivity index (χ3n) is 3.41. The standard InChI is InChI=1S/C13H18N2O3/c1-9-4-6-15(8-11(9)16)12-7-10(3-5-14-12)13(17)18-2/h3,5,7,9,11,16H,4,6,8H2,1-2H3. The fourth-order valence-corrected chi connectivity index (χ4v) is 2.09. The Balaban J connectivity index is 2.16. The summed E-state index contributed by atoms with van der Waals surface area (Å²) in [6, 6.07) is 3.33. The highest BCUT2D eigenvalue weighted by Gasteiger charge is 2.25. The summed E-state index contributed by atoms with van der Waals surface area (Å²) in [6.45, 7) is 3.44. The second-order valence-electron chi connectivity index (χ2n) is 4.67. The Labute approximate surface area is 106 Å². The van der Waals surface area contributed by atoms with Gasteiger partial charge in [0.1, 0.15) is 5.82 Å². The summed E-state index contributed by atoms with van der Waals surface area (Å²) >= 11 is 0. The summed E-state index contributed by atoms with van der Waals surface area (Å²) in [7, 11) is 1.36. The van der Waals surface area contributed by atoms with Gasteiger partial charge in [-0.05, 0) is 24.5 Å². The number of aliphatic hydroxyl groups excluding tert-OH is 1. The van der Waals surface area contributed by atoms with Crippen molar-refractivity contribution in [2.75, 3.05) is 25.1 Å².